The summed E-state index contributed by atoms with van der Waals surface area (Å²) in [6, 6.07) is 12.2. The molecule has 2 N–H and O–H groups in total. The van der Waals surface area contributed by atoms with E-state index in [1.807, 2.05) is 12.1 Å². The molecule has 0 aromatic heterocycles. The fourth-order valence-corrected chi connectivity index (χ4v) is 3.23. The number of benzene rings is 2. The summed E-state index contributed by atoms with van der Waals surface area (Å²) in [5.74, 6) is 0.321. The molecule has 1 saturated carbocycles. The van der Waals surface area contributed by atoms with Crippen LogP contribution in [-0.2, 0) is 0 Å². The molecule has 0 heterocycles. The number of primary amides is 1. The summed E-state index contributed by atoms with van der Waals surface area (Å²) in [6.45, 7) is 0. The lowest BCUT2D eigenvalue weighted by atomic mass is 9.82. The second kappa shape index (κ2) is 5.04. The van der Waals surface area contributed by atoms with Gasteiger partial charge in [0, 0.05) is 5.56 Å². The molecule has 98 valence electrons. The lowest BCUT2D eigenvalue weighted by molar-refractivity contribution is 0.100. The van der Waals surface area contributed by atoms with E-state index < -0.39 is 0 Å². The summed E-state index contributed by atoms with van der Waals surface area (Å²) in [5.41, 5.74) is 7.38. The Labute approximate surface area is 113 Å². The van der Waals surface area contributed by atoms with Crippen LogP contribution in [0, 0.1) is 0 Å². The number of carbonyl (C=O) groups is 1. The Kier molecular flexibility index (Phi) is 3.24. The minimum Gasteiger partial charge on any atom is -0.366 e. The van der Waals surface area contributed by atoms with Crippen LogP contribution in [0.15, 0.2) is 36.4 Å². The maximum Gasteiger partial charge on any atom is 0.248 e. The zero-order valence-corrected chi connectivity index (χ0v) is 11.1. The van der Waals surface area contributed by atoms with E-state index in [0.29, 0.717) is 11.5 Å². The summed E-state index contributed by atoms with van der Waals surface area (Å²) in [5, 5.41) is 2.40. The predicted molar refractivity (Wildman–Crippen MR) is 78.3 cm³/mol. The average Bonchev–Trinajstić information content (AvgIpc) is 2.47. The van der Waals surface area contributed by atoms with E-state index in [9.17, 15) is 4.79 Å². The van der Waals surface area contributed by atoms with Gasteiger partial charge in [-0.05, 0) is 47.2 Å². The molecule has 19 heavy (non-hydrogen) atoms. The molecule has 2 nitrogen and oxygen atoms in total. The highest BCUT2D eigenvalue weighted by atomic mass is 16.1. The molecule has 2 aromatic rings. The molecule has 2 aromatic carbocycles. The standard InChI is InChI=1S/C17H19NO/c18-17(19)14-9-10-16-13(11-14)7-4-8-15(16)12-5-2-1-3-6-12/h4,7-12H,1-3,5-6H2,(H2,18,19). The largest absolute Gasteiger partial charge is 0.366 e. The zero-order chi connectivity index (χ0) is 13.2. The van der Waals surface area contributed by atoms with E-state index in [0.717, 1.165) is 5.39 Å². The van der Waals surface area contributed by atoms with Crippen LogP contribution >= 0.6 is 0 Å². The number of carbonyl (C=O) groups excluding carboxylic acids is 1. The molecule has 0 spiro atoms. The van der Waals surface area contributed by atoms with E-state index in [4.69, 9.17) is 5.73 Å². The molecule has 1 aliphatic rings. The highest BCUT2D eigenvalue weighted by Gasteiger charge is 2.17. The number of rotatable bonds is 2. The van der Waals surface area contributed by atoms with Crippen molar-refractivity contribution >= 4 is 16.7 Å². The molecule has 0 saturated heterocycles. The predicted octanol–water partition coefficient (Wildman–Crippen LogP) is 3.99. The molecular formula is C17H19NO. The summed E-state index contributed by atoms with van der Waals surface area (Å²) >= 11 is 0. The summed E-state index contributed by atoms with van der Waals surface area (Å²) < 4.78 is 0. The quantitative estimate of drug-likeness (QED) is 0.864. The van der Waals surface area contributed by atoms with Crippen molar-refractivity contribution in [2.45, 2.75) is 38.0 Å². The Morgan fingerprint density at radius 1 is 1.05 bits per heavy atom. The monoisotopic (exact) mass is 253 g/mol. The number of fused-ring (bicyclic) bond motifs is 1. The maximum atomic E-state index is 11.3. The van der Waals surface area contributed by atoms with Gasteiger partial charge in [-0.25, -0.2) is 0 Å². The third kappa shape index (κ3) is 2.35. The van der Waals surface area contributed by atoms with Crippen LogP contribution in [-0.4, -0.2) is 5.91 Å². The first-order valence-electron chi connectivity index (χ1n) is 7.08. The topological polar surface area (TPSA) is 43.1 Å². The van der Waals surface area contributed by atoms with Crippen molar-refractivity contribution in [1.82, 2.24) is 0 Å². The van der Waals surface area contributed by atoms with Crippen molar-refractivity contribution in [1.29, 1.82) is 0 Å². The molecule has 0 atom stereocenters. The first kappa shape index (κ1) is 12.2. The molecule has 0 bridgehead atoms. The van der Waals surface area contributed by atoms with Gasteiger partial charge in [-0.1, -0.05) is 43.5 Å². The van der Waals surface area contributed by atoms with Gasteiger partial charge in [-0.3, -0.25) is 4.79 Å². The van der Waals surface area contributed by atoms with E-state index >= 15 is 0 Å². The third-order valence-electron chi connectivity index (χ3n) is 4.24. The first-order valence-corrected chi connectivity index (χ1v) is 7.08. The Hall–Kier alpha value is -1.83. The maximum absolute atomic E-state index is 11.3. The molecule has 1 amide bonds. The molecule has 0 radical (unpaired) electrons. The van der Waals surface area contributed by atoms with E-state index in [2.05, 4.69) is 24.3 Å². The van der Waals surface area contributed by atoms with Crippen molar-refractivity contribution in [3.63, 3.8) is 0 Å². The van der Waals surface area contributed by atoms with Crippen molar-refractivity contribution in [3.05, 3.63) is 47.5 Å². The van der Waals surface area contributed by atoms with Crippen LogP contribution in [0.3, 0.4) is 0 Å². The second-order valence-corrected chi connectivity index (χ2v) is 5.48. The van der Waals surface area contributed by atoms with Crippen molar-refractivity contribution in [3.8, 4) is 0 Å². The zero-order valence-electron chi connectivity index (χ0n) is 11.1. The van der Waals surface area contributed by atoms with Crippen LogP contribution in [0.25, 0.3) is 10.8 Å². The summed E-state index contributed by atoms with van der Waals surface area (Å²) in [6.07, 6.45) is 6.61. The molecule has 1 aliphatic carbocycles. The van der Waals surface area contributed by atoms with Crippen molar-refractivity contribution in [2.24, 2.45) is 5.73 Å². The normalized spacial score (nSPS) is 16.6. The van der Waals surface area contributed by atoms with Gasteiger partial charge in [0.2, 0.25) is 5.91 Å². The third-order valence-corrected chi connectivity index (χ3v) is 4.24. The van der Waals surface area contributed by atoms with Crippen LogP contribution in [0.1, 0.15) is 53.9 Å². The summed E-state index contributed by atoms with van der Waals surface area (Å²) in [4.78, 5) is 11.3. The van der Waals surface area contributed by atoms with Crippen LogP contribution < -0.4 is 5.73 Å². The molecule has 0 aliphatic heterocycles. The lowest BCUT2D eigenvalue weighted by Crippen LogP contribution is -2.10. The molecule has 3 rings (SSSR count). The Morgan fingerprint density at radius 2 is 1.84 bits per heavy atom. The molecule has 2 heteroatoms. The van der Waals surface area contributed by atoms with Crippen molar-refractivity contribution < 1.29 is 4.79 Å². The van der Waals surface area contributed by atoms with Gasteiger partial charge in [-0.2, -0.15) is 0 Å². The SMILES string of the molecule is NC(=O)c1ccc2c(C3CCCCC3)cccc2c1. The van der Waals surface area contributed by atoms with Crippen molar-refractivity contribution in [2.75, 3.05) is 0 Å². The van der Waals surface area contributed by atoms with E-state index in [1.165, 1.54) is 43.1 Å². The van der Waals surface area contributed by atoms with Crippen LogP contribution in [0.5, 0.6) is 0 Å². The number of nitrogens with two attached hydrogens (primary N) is 1. The van der Waals surface area contributed by atoms with E-state index in [-0.39, 0.29) is 5.91 Å². The van der Waals surface area contributed by atoms with Gasteiger partial charge in [0.05, 0.1) is 0 Å². The smallest absolute Gasteiger partial charge is 0.248 e. The Balaban J connectivity index is 2.07. The Bertz CT molecular complexity index is 612. The minimum absolute atomic E-state index is 0.357. The minimum atomic E-state index is -0.357. The van der Waals surface area contributed by atoms with Gasteiger partial charge >= 0.3 is 0 Å². The van der Waals surface area contributed by atoms with Gasteiger partial charge < -0.3 is 5.73 Å². The lowest BCUT2D eigenvalue weighted by Gasteiger charge is -2.23. The van der Waals surface area contributed by atoms with E-state index in [1.54, 1.807) is 0 Å². The fourth-order valence-electron chi connectivity index (χ4n) is 3.23. The molecule has 0 unspecified atom stereocenters. The number of hydrogen-bond acceptors (Lipinski definition) is 1. The highest BCUT2D eigenvalue weighted by Crippen LogP contribution is 2.36. The van der Waals surface area contributed by atoms with Crippen LogP contribution in [0.2, 0.25) is 0 Å². The molecule has 1 fully saturated rings. The summed E-state index contributed by atoms with van der Waals surface area (Å²) in [7, 11) is 0. The van der Waals surface area contributed by atoms with Crippen LogP contribution in [0.4, 0.5) is 0 Å². The van der Waals surface area contributed by atoms with Gasteiger partial charge in [0.25, 0.3) is 0 Å². The number of hydrogen-bond donors (Lipinski definition) is 1. The first-order chi connectivity index (χ1) is 9.25. The second-order valence-electron chi connectivity index (χ2n) is 5.48. The fraction of sp³-hybridized carbons (Fsp3) is 0.353. The Morgan fingerprint density at radius 3 is 2.58 bits per heavy atom. The van der Waals surface area contributed by atoms with Gasteiger partial charge in [-0.15, -0.1) is 0 Å². The van der Waals surface area contributed by atoms with Gasteiger partial charge in [0.15, 0.2) is 0 Å². The number of amides is 1. The van der Waals surface area contributed by atoms with Gasteiger partial charge in [0.1, 0.15) is 0 Å². The molecular weight excluding hydrogens is 234 g/mol. The average molecular weight is 253 g/mol. The highest BCUT2D eigenvalue weighted by molar-refractivity contribution is 5.98.